The van der Waals surface area contributed by atoms with Gasteiger partial charge < -0.3 is 11.1 Å². The van der Waals surface area contributed by atoms with Crippen LogP contribution in [0.2, 0.25) is 0 Å². The van der Waals surface area contributed by atoms with Gasteiger partial charge in [0.25, 0.3) is 0 Å². The van der Waals surface area contributed by atoms with Crippen molar-refractivity contribution in [2.75, 3.05) is 12.3 Å². The van der Waals surface area contributed by atoms with Gasteiger partial charge in [-0.1, -0.05) is 6.07 Å². The van der Waals surface area contributed by atoms with E-state index in [0.717, 1.165) is 24.0 Å². The standard InChI is InChI=1S/C13H15F3N2O/c14-13(15,16)7-18-12(19)11-3-1-2-8-6-9(17)4-5-10(8)11/h4-6,11H,1-3,7,17H2,(H,18,19). The minimum Gasteiger partial charge on any atom is -0.399 e. The van der Waals surface area contributed by atoms with Crippen molar-refractivity contribution in [1.29, 1.82) is 0 Å². The highest BCUT2D eigenvalue weighted by Crippen LogP contribution is 2.33. The number of hydrogen-bond acceptors (Lipinski definition) is 2. The number of alkyl halides is 3. The SMILES string of the molecule is Nc1ccc2c(c1)CCCC2C(=O)NCC(F)(F)F. The number of nitrogen functional groups attached to an aromatic ring is 1. The molecule has 0 aliphatic heterocycles. The Labute approximate surface area is 109 Å². The summed E-state index contributed by atoms with van der Waals surface area (Å²) in [7, 11) is 0. The Hall–Kier alpha value is -1.72. The normalized spacial score (nSPS) is 18.8. The monoisotopic (exact) mass is 272 g/mol. The molecule has 0 fully saturated rings. The van der Waals surface area contributed by atoms with Crippen LogP contribution in [0.4, 0.5) is 18.9 Å². The quantitative estimate of drug-likeness (QED) is 0.812. The van der Waals surface area contributed by atoms with E-state index < -0.39 is 24.5 Å². The van der Waals surface area contributed by atoms with Crippen LogP contribution in [0.25, 0.3) is 0 Å². The number of amides is 1. The largest absolute Gasteiger partial charge is 0.405 e. The Bertz CT molecular complexity index is 485. The van der Waals surface area contributed by atoms with Crippen LogP contribution in [0.3, 0.4) is 0 Å². The van der Waals surface area contributed by atoms with Gasteiger partial charge >= 0.3 is 6.18 Å². The molecule has 2 rings (SSSR count). The maximum Gasteiger partial charge on any atom is 0.405 e. The van der Waals surface area contributed by atoms with Gasteiger partial charge in [0.1, 0.15) is 6.54 Å². The Morgan fingerprint density at radius 1 is 1.42 bits per heavy atom. The highest BCUT2D eigenvalue weighted by Gasteiger charge is 2.31. The molecular formula is C13H15F3N2O. The summed E-state index contributed by atoms with van der Waals surface area (Å²) < 4.78 is 36.3. The molecule has 0 saturated carbocycles. The third-order valence-corrected chi connectivity index (χ3v) is 3.26. The molecule has 1 atom stereocenters. The topological polar surface area (TPSA) is 55.1 Å². The summed E-state index contributed by atoms with van der Waals surface area (Å²) in [4.78, 5) is 11.9. The molecule has 3 N–H and O–H groups in total. The molecule has 0 heterocycles. The average molecular weight is 272 g/mol. The summed E-state index contributed by atoms with van der Waals surface area (Å²) in [5.41, 5.74) is 8.03. The van der Waals surface area contributed by atoms with Gasteiger partial charge in [0.05, 0.1) is 5.92 Å². The summed E-state index contributed by atoms with van der Waals surface area (Å²) in [5.74, 6) is -1.07. The lowest BCUT2D eigenvalue weighted by atomic mass is 9.82. The number of fused-ring (bicyclic) bond motifs is 1. The van der Waals surface area contributed by atoms with E-state index in [0.29, 0.717) is 12.1 Å². The zero-order valence-electron chi connectivity index (χ0n) is 10.3. The fourth-order valence-corrected chi connectivity index (χ4v) is 2.42. The van der Waals surface area contributed by atoms with Crippen molar-refractivity contribution >= 4 is 11.6 Å². The fraction of sp³-hybridized carbons (Fsp3) is 0.462. The van der Waals surface area contributed by atoms with E-state index in [1.165, 1.54) is 0 Å². The van der Waals surface area contributed by atoms with E-state index in [-0.39, 0.29) is 0 Å². The lowest BCUT2D eigenvalue weighted by Crippen LogP contribution is -2.37. The maximum atomic E-state index is 12.1. The minimum absolute atomic E-state index is 0.508. The Morgan fingerprint density at radius 2 is 2.16 bits per heavy atom. The van der Waals surface area contributed by atoms with Crippen LogP contribution in [0.1, 0.15) is 29.9 Å². The van der Waals surface area contributed by atoms with Crippen LogP contribution >= 0.6 is 0 Å². The van der Waals surface area contributed by atoms with E-state index in [4.69, 9.17) is 5.73 Å². The van der Waals surface area contributed by atoms with Crippen LogP contribution in [0.15, 0.2) is 18.2 Å². The van der Waals surface area contributed by atoms with Gasteiger partial charge in [-0.3, -0.25) is 4.79 Å². The van der Waals surface area contributed by atoms with E-state index in [9.17, 15) is 18.0 Å². The lowest BCUT2D eigenvalue weighted by molar-refractivity contribution is -0.139. The van der Waals surface area contributed by atoms with E-state index in [2.05, 4.69) is 0 Å². The molecule has 1 aromatic rings. The third kappa shape index (κ3) is 3.39. The zero-order valence-corrected chi connectivity index (χ0v) is 10.3. The maximum absolute atomic E-state index is 12.1. The number of nitrogens with one attached hydrogen (secondary N) is 1. The van der Waals surface area contributed by atoms with Crippen LogP contribution in [-0.2, 0) is 11.2 Å². The van der Waals surface area contributed by atoms with Crippen molar-refractivity contribution in [2.45, 2.75) is 31.4 Å². The Balaban J connectivity index is 2.13. The van der Waals surface area contributed by atoms with E-state index >= 15 is 0 Å². The molecule has 0 aromatic heterocycles. The molecule has 6 heteroatoms. The number of nitrogens with two attached hydrogens (primary N) is 1. The van der Waals surface area contributed by atoms with Crippen molar-refractivity contribution in [3.05, 3.63) is 29.3 Å². The highest BCUT2D eigenvalue weighted by atomic mass is 19.4. The smallest absolute Gasteiger partial charge is 0.399 e. The first-order valence-corrected chi connectivity index (χ1v) is 6.09. The van der Waals surface area contributed by atoms with Crippen LogP contribution in [-0.4, -0.2) is 18.6 Å². The van der Waals surface area contributed by atoms with Crippen molar-refractivity contribution in [2.24, 2.45) is 0 Å². The van der Waals surface area contributed by atoms with Gasteiger partial charge in [-0.15, -0.1) is 0 Å². The second-order valence-electron chi connectivity index (χ2n) is 4.74. The number of rotatable bonds is 2. The molecule has 1 aliphatic carbocycles. The first kappa shape index (κ1) is 13.7. The van der Waals surface area contributed by atoms with Gasteiger partial charge in [0.2, 0.25) is 5.91 Å². The number of halogens is 3. The van der Waals surface area contributed by atoms with Crippen molar-refractivity contribution < 1.29 is 18.0 Å². The van der Waals surface area contributed by atoms with Gasteiger partial charge in [0.15, 0.2) is 0 Å². The predicted octanol–water partition coefficient (Wildman–Crippen LogP) is 2.37. The van der Waals surface area contributed by atoms with Gasteiger partial charge in [-0.25, -0.2) is 0 Å². The van der Waals surface area contributed by atoms with Crippen molar-refractivity contribution in [3.8, 4) is 0 Å². The van der Waals surface area contributed by atoms with E-state index in [1.807, 2.05) is 5.32 Å². The summed E-state index contributed by atoms with van der Waals surface area (Å²) in [5, 5.41) is 1.95. The molecule has 0 radical (unpaired) electrons. The lowest BCUT2D eigenvalue weighted by Gasteiger charge is -2.25. The fourth-order valence-electron chi connectivity index (χ4n) is 2.42. The molecule has 19 heavy (non-hydrogen) atoms. The van der Waals surface area contributed by atoms with Crippen molar-refractivity contribution in [1.82, 2.24) is 5.32 Å². The van der Waals surface area contributed by atoms with Crippen LogP contribution < -0.4 is 11.1 Å². The van der Waals surface area contributed by atoms with Gasteiger partial charge in [-0.05, 0) is 42.5 Å². The molecule has 1 aromatic carbocycles. The summed E-state index contributed by atoms with van der Waals surface area (Å²) >= 11 is 0. The summed E-state index contributed by atoms with van der Waals surface area (Å²) in [6.45, 7) is -1.29. The average Bonchev–Trinajstić information content (AvgIpc) is 2.34. The number of hydrogen-bond donors (Lipinski definition) is 2. The number of anilines is 1. The Kier molecular flexibility index (Phi) is 3.68. The molecule has 1 unspecified atom stereocenters. The van der Waals surface area contributed by atoms with E-state index in [1.54, 1.807) is 18.2 Å². The second kappa shape index (κ2) is 5.11. The number of carbonyl (C=O) groups is 1. The number of benzene rings is 1. The second-order valence-corrected chi connectivity index (χ2v) is 4.74. The molecule has 0 spiro atoms. The summed E-state index contributed by atoms with van der Waals surface area (Å²) in [6.07, 6.45) is -2.22. The molecule has 1 amide bonds. The molecule has 1 aliphatic rings. The molecule has 0 bridgehead atoms. The first-order chi connectivity index (χ1) is 8.87. The number of carbonyl (C=O) groups excluding carboxylic acids is 1. The van der Waals surface area contributed by atoms with Crippen LogP contribution in [0.5, 0.6) is 0 Å². The molecule has 0 saturated heterocycles. The van der Waals surface area contributed by atoms with Crippen molar-refractivity contribution in [3.63, 3.8) is 0 Å². The molecule has 3 nitrogen and oxygen atoms in total. The predicted molar refractivity (Wildman–Crippen MR) is 65.6 cm³/mol. The molecular weight excluding hydrogens is 257 g/mol. The van der Waals surface area contributed by atoms with Gasteiger partial charge in [-0.2, -0.15) is 13.2 Å². The number of aryl methyl sites for hydroxylation is 1. The highest BCUT2D eigenvalue weighted by molar-refractivity contribution is 5.84. The summed E-state index contributed by atoms with van der Waals surface area (Å²) in [6, 6.07) is 5.20. The zero-order chi connectivity index (χ0) is 14.0. The first-order valence-electron chi connectivity index (χ1n) is 6.09. The van der Waals surface area contributed by atoms with Crippen LogP contribution in [0, 0.1) is 0 Å². The van der Waals surface area contributed by atoms with Gasteiger partial charge in [0, 0.05) is 5.69 Å². The minimum atomic E-state index is -4.38. The third-order valence-electron chi connectivity index (χ3n) is 3.26. The molecule has 104 valence electrons. The Morgan fingerprint density at radius 3 is 2.84 bits per heavy atom.